The first-order valence-corrected chi connectivity index (χ1v) is 5.82. The third-order valence-electron chi connectivity index (χ3n) is 3.86. The fourth-order valence-corrected chi connectivity index (χ4v) is 2.26. The molecule has 2 unspecified atom stereocenters. The Morgan fingerprint density at radius 2 is 2.00 bits per heavy atom. The van der Waals surface area contributed by atoms with E-state index < -0.39 is 34.8 Å². The molecule has 0 aromatic carbocycles. The third kappa shape index (κ3) is 1.67. The first-order chi connectivity index (χ1) is 8.74. The maximum atomic E-state index is 12.5. The zero-order chi connectivity index (χ0) is 14.4. The van der Waals surface area contributed by atoms with E-state index in [1.165, 1.54) is 13.0 Å². The Bertz CT molecular complexity index is 519. The lowest BCUT2D eigenvalue weighted by Crippen LogP contribution is -2.58. The van der Waals surface area contributed by atoms with E-state index in [9.17, 15) is 24.6 Å². The number of hydrogen-bond donors (Lipinski definition) is 2. The van der Waals surface area contributed by atoms with Crippen LogP contribution in [-0.4, -0.2) is 39.6 Å². The van der Waals surface area contributed by atoms with Gasteiger partial charge in [0.05, 0.1) is 5.41 Å². The molecule has 2 N–H and O–H groups in total. The quantitative estimate of drug-likeness (QED) is 0.516. The van der Waals surface area contributed by atoms with Gasteiger partial charge in [0.15, 0.2) is 11.9 Å². The molecule has 0 aromatic heterocycles. The number of esters is 2. The van der Waals surface area contributed by atoms with Crippen LogP contribution >= 0.6 is 0 Å². The number of ether oxygens (including phenoxy) is 1. The van der Waals surface area contributed by atoms with Gasteiger partial charge in [0.1, 0.15) is 0 Å². The number of ketones is 1. The predicted molar refractivity (Wildman–Crippen MR) is 62.6 cm³/mol. The van der Waals surface area contributed by atoms with Gasteiger partial charge in [0.25, 0.3) is 5.60 Å². The summed E-state index contributed by atoms with van der Waals surface area (Å²) in [5.74, 6) is -3.99. The lowest BCUT2D eigenvalue weighted by Gasteiger charge is -2.35. The molecule has 102 valence electrons. The average molecular weight is 266 g/mol. The van der Waals surface area contributed by atoms with E-state index in [1.54, 1.807) is 25.2 Å². The van der Waals surface area contributed by atoms with Gasteiger partial charge in [-0.3, -0.25) is 4.79 Å². The summed E-state index contributed by atoms with van der Waals surface area (Å²) in [7, 11) is 0. The number of aliphatic hydroxyl groups is 2. The fourth-order valence-electron chi connectivity index (χ4n) is 2.26. The number of carbonyl (C=O) groups is 3. The highest BCUT2D eigenvalue weighted by Gasteiger charge is 2.65. The number of hydrogen-bond acceptors (Lipinski definition) is 6. The number of cyclic esters (lactones) is 2. The Balaban J connectivity index is 2.44. The summed E-state index contributed by atoms with van der Waals surface area (Å²) in [6, 6.07) is 0. The van der Waals surface area contributed by atoms with Crippen molar-refractivity contribution in [2.75, 3.05) is 0 Å². The minimum absolute atomic E-state index is 0.301. The molecule has 0 aromatic rings. The molecule has 1 fully saturated rings. The highest BCUT2D eigenvalue weighted by molar-refractivity contribution is 6.19. The molecule has 6 nitrogen and oxygen atoms in total. The standard InChI is InChI=1S/C13H14O6/c1-7-5-3-4-6-12(7,2)10(16)13(18)8(14)9(15)19-11(13)17/h3-8,14,18H,1-2H3/t7?,8-,12?,13-/m1/s1. The lowest BCUT2D eigenvalue weighted by molar-refractivity contribution is -0.168. The van der Waals surface area contributed by atoms with Crippen molar-refractivity contribution in [2.45, 2.75) is 25.6 Å². The molecule has 2 rings (SSSR count). The minimum atomic E-state index is -2.84. The van der Waals surface area contributed by atoms with Crippen LogP contribution in [0.2, 0.25) is 0 Å². The minimum Gasteiger partial charge on any atom is -0.388 e. The molecular formula is C13H14O6. The Hall–Kier alpha value is -1.79. The van der Waals surface area contributed by atoms with Gasteiger partial charge in [0.2, 0.25) is 0 Å². The second-order valence-electron chi connectivity index (χ2n) is 5.02. The molecule has 1 aliphatic heterocycles. The normalized spacial score (nSPS) is 41.5. The van der Waals surface area contributed by atoms with E-state index >= 15 is 0 Å². The van der Waals surface area contributed by atoms with Crippen molar-refractivity contribution >= 4 is 17.7 Å². The molecule has 0 spiro atoms. The Morgan fingerprint density at radius 3 is 2.47 bits per heavy atom. The number of Topliss-reactive ketones (excluding diaryl/α,β-unsaturated/α-hetero) is 1. The van der Waals surface area contributed by atoms with E-state index in [0.717, 1.165) is 0 Å². The van der Waals surface area contributed by atoms with Crippen molar-refractivity contribution in [3.63, 3.8) is 0 Å². The summed E-state index contributed by atoms with van der Waals surface area (Å²) in [5.41, 5.74) is -4.04. The van der Waals surface area contributed by atoms with Crippen molar-refractivity contribution < 1.29 is 29.3 Å². The monoisotopic (exact) mass is 266 g/mol. The molecule has 0 bridgehead atoms. The van der Waals surface area contributed by atoms with Gasteiger partial charge in [-0.15, -0.1) is 0 Å². The van der Waals surface area contributed by atoms with Crippen LogP contribution in [0.3, 0.4) is 0 Å². The van der Waals surface area contributed by atoms with Crippen LogP contribution in [0.5, 0.6) is 0 Å². The van der Waals surface area contributed by atoms with Crippen LogP contribution in [0.25, 0.3) is 0 Å². The lowest BCUT2D eigenvalue weighted by atomic mass is 9.67. The average Bonchev–Trinajstić information content (AvgIpc) is 2.57. The summed E-state index contributed by atoms with van der Waals surface area (Å²) >= 11 is 0. The smallest absolute Gasteiger partial charge is 0.357 e. The van der Waals surface area contributed by atoms with E-state index in [-0.39, 0.29) is 5.92 Å². The molecule has 6 heteroatoms. The molecule has 1 heterocycles. The van der Waals surface area contributed by atoms with Crippen LogP contribution in [-0.2, 0) is 19.1 Å². The second-order valence-corrected chi connectivity index (χ2v) is 5.02. The highest BCUT2D eigenvalue weighted by Crippen LogP contribution is 2.40. The van der Waals surface area contributed by atoms with E-state index in [2.05, 4.69) is 4.74 Å². The first-order valence-electron chi connectivity index (χ1n) is 5.82. The van der Waals surface area contributed by atoms with Crippen LogP contribution in [0.4, 0.5) is 0 Å². The molecule has 4 atom stereocenters. The van der Waals surface area contributed by atoms with E-state index in [0.29, 0.717) is 0 Å². The van der Waals surface area contributed by atoms with Crippen molar-refractivity contribution in [1.82, 2.24) is 0 Å². The van der Waals surface area contributed by atoms with Crippen LogP contribution < -0.4 is 0 Å². The SMILES string of the molecule is CC1C=CC=CC1(C)C(=O)[C@@]1(O)C(=O)OC(=O)[C@H]1O. The van der Waals surface area contributed by atoms with Crippen LogP contribution in [0.1, 0.15) is 13.8 Å². The molecule has 0 amide bonds. The van der Waals surface area contributed by atoms with Crippen molar-refractivity contribution in [2.24, 2.45) is 11.3 Å². The molecule has 0 radical (unpaired) electrons. The van der Waals surface area contributed by atoms with Crippen molar-refractivity contribution in [3.8, 4) is 0 Å². The number of aliphatic hydroxyl groups excluding tert-OH is 1. The first kappa shape index (κ1) is 13.6. The van der Waals surface area contributed by atoms with E-state index in [4.69, 9.17) is 0 Å². The fraction of sp³-hybridized carbons (Fsp3) is 0.462. The Kier molecular flexibility index (Phi) is 2.95. The summed E-state index contributed by atoms with van der Waals surface area (Å²) in [6.45, 7) is 3.26. The van der Waals surface area contributed by atoms with Gasteiger partial charge < -0.3 is 14.9 Å². The largest absolute Gasteiger partial charge is 0.388 e. The van der Waals surface area contributed by atoms with Gasteiger partial charge in [-0.1, -0.05) is 31.2 Å². The van der Waals surface area contributed by atoms with Gasteiger partial charge in [-0.05, 0) is 12.8 Å². The number of rotatable bonds is 2. The Morgan fingerprint density at radius 1 is 1.37 bits per heavy atom. The van der Waals surface area contributed by atoms with Crippen molar-refractivity contribution in [1.29, 1.82) is 0 Å². The second kappa shape index (κ2) is 4.11. The third-order valence-corrected chi connectivity index (χ3v) is 3.86. The molecule has 19 heavy (non-hydrogen) atoms. The molecule has 0 saturated carbocycles. The van der Waals surface area contributed by atoms with Gasteiger partial charge in [-0.2, -0.15) is 0 Å². The molecule has 1 aliphatic carbocycles. The summed E-state index contributed by atoms with van der Waals surface area (Å²) in [6.07, 6.45) is 4.42. The summed E-state index contributed by atoms with van der Waals surface area (Å²) < 4.78 is 4.14. The number of allylic oxidation sites excluding steroid dienone is 4. The topological polar surface area (TPSA) is 101 Å². The molecule has 1 saturated heterocycles. The summed E-state index contributed by atoms with van der Waals surface area (Å²) in [4.78, 5) is 35.1. The highest BCUT2D eigenvalue weighted by atomic mass is 16.6. The summed E-state index contributed by atoms with van der Waals surface area (Å²) in [5, 5.41) is 19.7. The van der Waals surface area contributed by atoms with Crippen LogP contribution in [0.15, 0.2) is 24.3 Å². The van der Waals surface area contributed by atoms with E-state index in [1.807, 2.05) is 0 Å². The zero-order valence-corrected chi connectivity index (χ0v) is 10.5. The van der Waals surface area contributed by atoms with Crippen LogP contribution in [0, 0.1) is 11.3 Å². The van der Waals surface area contributed by atoms with Gasteiger partial charge >= 0.3 is 11.9 Å². The Labute approximate surface area is 109 Å². The zero-order valence-electron chi connectivity index (χ0n) is 10.5. The van der Waals surface area contributed by atoms with Crippen molar-refractivity contribution in [3.05, 3.63) is 24.3 Å². The number of carbonyl (C=O) groups excluding carboxylic acids is 3. The van der Waals surface area contributed by atoms with Gasteiger partial charge in [-0.25, -0.2) is 9.59 Å². The maximum absolute atomic E-state index is 12.5. The molecule has 2 aliphatic rings. The maximum Gasteiger partial charge on any atom is 0.357 e. The molecular weight excluding hydrogens is 252 g/mol. The predicted octanol–water partition coefficient (Wildman–Crippen LogP) is -0.501. The van der Waals surface area contributed by atoms with Gasteiger partial charge in [0, 0.05) is 0 Å².